The number of halogens is 1. The van der Waals surface area contributed by atoms with Gasteiger partial charge in [0.05, 0.1) is 23.4 Å². The van der Waals surface area contributed by atoms with Crippen molar-refractivity contribution < 1.29 is 9.84 Å². The summed E-state index contributed by atoms with van der Waals surface area (Å²) >= 11 is 6.24. The standard InChI is InChI=1S/C13H21ClN2O2/c1-15-7-10-4-5-13(12(14)6-10)16(2)8-11(17)9-18-3/h4-6,11,15,17H,7-9H2,1-3H3. The average Bonchev–Trinajstić information content (AvgIpc) is 2.29. The Balaban J connectivity index is 2.70. The number of aliphatic hydroxyl groups is 1. The number of methoxy groups -OCH3 is 1. The van der Waals surface area contributed by atoms with E-state index in [0.717, 1.165) is 17.8 Å². The highest BCUT2D eigenvalue weighted by molar-refractivity contribution is 6.33. The van der Waals surface area contributed by atoms with E-state index in [4.69, 9.17) is 16.3 Å². The van der Waals surface area contributed by atoms with Gasteiger partial charge in [-0.05, 0) is 24.7 Å². The second-order valence-electron chi connectivity index (χ2n) is 4.31. The molecule has 1 aromatic rings. The van der Waals surface area contributed by atoms with Crippen LogP contribution in [0.2, 0.25) is 5.02 Å². The van der Waals surface area contributed by atoms with Gasteiger partial charge in [-0.1, -0.05) is 17.7 Å². The first-order chi connectivity index (χ1) is 8.58. The number of rotatable bonds is 7. The van der Waals surface area contributed by atoms with Crippen molar-refractivity contribution in [3.63, 3.8) is 0 Å². The number of ether oxygens (including phenoxy) is 1. The second kappa shape index (κ2) is 7.59. The van der Waals surface area contributed by atoms with Crippen LogP contribution in [-0.2, 0) is 11.3 Å². The maximum Gasteiger partial charge on any atom is 0.0947 e. The maximum absolute atomic E-state index is 9.69. The summed E-state index contributed by atoms with van der Waals surface area (Å²) in [6.45, 7) is 1.59. The first kappa shape index (κ1) is 15.2. The van der Waals surface area contributed by atoms with Crippen molar-refractivity contribution in [1.29, 1.82) is 0 Å². The molecule has 1 atom stereocenters. The van der Waals surface area contributed by atoms with Crippen LogP contribution < -0.4 is 10.2 Å². The van der Waals surface area contributed by atoms with E-state index in [2.05, 4.69) is 5.32 Å². The summed E-state index contributed by atoms with van der Waals surface area (Å²) in [6, 6.07) is 5.93. The Morgan fingerprint density at radius 3 is 2.78 bits per heavy atom. The zero-order chi connectivity index (χ0) is 13.5. The van der Waals surface area contributed by atoms with Gasteiger partial charge in [0.1, 0.15) is 0 Å². The third-order valence-corrected chi connectivity index (χ3v) is 2.95. The molecule has 0 radical (unpaired) electrons. The second-order valence-corrected chi connectivity index (χ2v) is 4.71. The molecule has 1 rings (SSSR count). The summed E-state index contributed by atoms with van der Waals surface area (Å²) in [5.74, 6) is 0. The summed E-state index contributed by atoms with van der Waals surface area (Å²) in [5, 5.41) is 13.5. The van der Waals surface area contributed by atoms with Crippen molar-refractivity contribution in [2.24, 2.45) is 0 Å². The molecule has 0 saturated heterocycles. The monoisotopic (exact) mass is 272 g/mol. The molecule has 0 aliphatic rings. The van der Waals surface area contributed by atoms with Gasteiger partial charge in [-0.25, -0.2) is 0 Å². The molecule has 0 fully saturated rings. The number of anilines is 1. The molecule has 0 aliphatic carbocycles. The van der Waals surface area contributed by atoms with Crippen molar-refractivity contribution in [3.8, 4) is 0 Å². The number of aliphatic hydroxyl groups excluding tert-OH is 1. The lowest BCUT2D eigenvalue weighted by molar-refractivity contribution is 0.0695. The fraction of sp³-hybridized carbons (Fsp3) is 0.538. The van der Waals surface area contributed by atoms with E-state index in [9.17, 15) is 5.11 Å². The van der Waals surface area contributed by atoms with Crippen LogP contribution in [0.15, 0.2) is 18.2 Å². The highest BCUT2D eigenvalue weighted by atomic mass is 35.5. The molecule has 0 bridgehead atoms. The van der Waals surface area contributed by atoms with E-state index in [0.29, 0.717) is 18.2 Å². The lowest BCUT2D eigenvalue weighted by Crippen LogP contribution is -2.32. The van der Waals surface area contributed by atoms with Crippen LogP contribution in [0.25, 0.3) is 0 Å². The van der Waals surface area contributed by atoms with E-state index in [1.807, 2.05) is 37.2 Å². The lowest BCUT2D eigenvalue weighted by Gasteiger charge is -2.23. The summed E-state index contributed by atoms with van der Waals surface area (Å²) < 4.78 is 4.90. The van der Waals surface area contributed by atoms with Crippen LogP contribution >= 0.6 is 11.6 Å². The smallest absolute Gasteiger partial charge is 0.0947 e. The minimum atomic E-state index is -0.520. The van der Waals surface area contributed by atoms with E-state index >= 15 is 0 Å². The summed E-state index contributed by atoms with van der Waals surface area (Å²) in [4.78, 5) is 1.93. The van der Waals surface area contributed by atoms with Gasteiger partial charge in [0.25, 0.3) is 0 Å². The number of nitrogens with zero attached hydrogens (tertiary/aromatic N) is 1. The number of likely N-dealkylation sites (N-methyl/N-ethyl adjacent to an activating group) is 1. The number of benzene rings is 1. The summed E-state index contributed by atoms with van der Waals surface area (Å²) in [7, 11) is 5.37. The molecule has 0 aliphatic heterocycles. The summed E-state index contributed by atoms with van der Waals surface area (Å²) in [6.07, 6.45) is -0.520. The Bertz CT molecular complexity index is 374. The predicted molar refractivity (Wildman–Crippen MR) is 75.4 cm³/mol. The van der Waals surface area contributed by atoms with E-state index in [1.165, 1.54) is 0 Å². The molecule has 18 heavy (non-hydrogen) atoms. The highest BCUT2D eigenvalue weighted by Gasteiger charge is 2.11. The molecule has 0 saturated carbocycles. The van der Waals surface area contributed by atoms with Crippen LogP contribution in [0, 0.1) is 0 Å². The molecular formula is C13H21ClN2O2. The Hall–Kier alpha value is -0.810. The Labute approximate surface area is 114 Å². The minimum Gasteiger partial charge on any atom is -0.389 e. The molecule has 0 heterocycles. The van der Waals surface area contributed by atoms with Gasteiger partial charge in [-0.2, -0.15) is 0 Å². The van der Waals surface area contributed by atoms with Gasteiger partial charge < -0.3 is 20.1 Å². The molecule has 102 valence electrons. The molecule has 1 aromatic carbocycles. The van der Waals surface area contributed by atoms with Crippen molar-refractivity contribution in [2.75, 3.05) is 39.3 Å². The fourth-order valence-electron chi connectivity index (χ4n) is 1.83. The average molecular weight is 273 g/mol. The predicted octanol–water partition coefficient (Wildman–Crippen LogP) is 1.50. The van der Waals surface area contributed by atoms with Crippen LogP contribution in [0.5, 0.6) is 0 Å². The molecule has 2 N–H and O–H groups in total. The first-order valence-corrected chi connectivity index (χ1v) is 6.27. The van der Waals surface area contributed by atoms with Crippen LogP contribution in [0.1, 0.15) is 5.56 Å². The topological polar surface area (TPSA) is 44.7 Å². The summed E-state index contributed by atoms with van der Waals surface area (Å²) in [5.41, 5.74) is 2.05. The molecule has 0 spiro atoms. The van der Waals surface area contributed by atoms with Gasteiger partial charge in [-0.3, -0.25) is 0 Å². The Morgan fingerprint density at radius 2 is 2.22 bits per heavy atom. The van der Waals surface area contributed by atoms with Gasteiger partial charge in [0, 0.05) is 27.2 Å². The maximum atomic E-state index is 9.69. The minimum absolute atomic E-state index is 0.319. The van der Waals surface area contributed by atoms with Gasteiger partial charge >= 0.3 is 0 Å². The van der Waals surface area contributed by atoms with Crippen LogP contribution in [0.3, 0.4) is 0 Å². The van der Waals surface area contributed by atoms with E-state index in [-0.39, 0.29) is 0 Å². The first-order valence-electron chi connectivity index (χ1n) is 5.89. The lowest BCUT2D eigenvalue weighted by atomic mass is 10.2. The third kappa shape index (κ3) is 4.46. The van der Waals surface area contributed by atoms with E-state index in [1.54, 1.807) is 7.11 Å². The van der Waals surface area contributed by atoms with Crippen molar-refractivity contribution in [2.45, 2.75) is 12.6 Å². The van der Waals surface area contributed by atoms with Crippen LogP contribution in [-0.4, -0.2) is 45.6 Å². The van der Waals surface area contributed by atoms with Crippen molar-refractivity contribution in [1.82, 2.24) is 5.32 Å². The Kier molecular flexibility index (Phi) is 6.43. The number of hydrogen-bond acceptors (Lipinski definition) is 4. The molecule has 0 aromatic heterocycles. The molecule has 4 nitrogen and oxygen atoms in total. The largest absolute Gasteiger partial charge is 0.389 e. The normalized spacial score (nSPS) is 12.5. The molecule has 0 amide bonds. The molecular weight excluding hydrogens is 252 g/mol. The molecule has 5 heteroatoms. The third-order valence-electron chi connectivity index (χ3n) is 2.65. The zero-order valence-electron chi connectivity index (χ0n) is 11.1. The fourth-order valence-corrected chi connectivity index (χ4v) is 2.18. The van der Waals surface area contributed by atoms with E-state index < -0.39 is 6.10 Å². The quantitative estimate of drug-likeness (QED) is 0.790. The van der Waals surface area contributed by atoms with Gasteiger partial charge in [0.2, 0.25) is 0 Å². The van der Waals surface area contributed by atoms with Crippen molar-refractivity contribution >= 4 is 17.3 Å². The zero-order valence-corrected chi connectivity index (χ0v) is 11.9. The number of hydrogen-bond donors (Lipinski definition) is 2. The highest BCUT2D eigenvalue weighted by Crippen LogP contribution is 2.26. The van der Waals surface area contributed by atoms with Gasteiger partial charge in [0.15, 0.2) is 0 Å². The SMILES string of the molecule is CNCc1ccc(N(C)CC(O)COC)c(Cl)c1. The number of nitrogens with one attached hydrogen (secondary N) is 1. The van der Waals surface area contributed by atoms with Gasteiger partial charge in [-0.15, -0.1) is 0 Å². The van der Waals surface area contributed by atoms with Crippen LogP contribution in [0.4, 0.5) is 5.69 Å². The molecule has 1 unspecified atom stereocenters. The van der Waals surface area contributed by atoms with Crippen molar-refractivity contribution in [3.05, 3.63) is 28.8 Å². The Morgan fingerprint density at radius 1 is 1.50 bits per heavy atom.